The lowest BCUT2D eigenvalue weighted by atomic mass is 10.1. The largest absolute Gasteiger partial charge is 0.350 e. The molecule has 1 rings (SSSR count). The van der Waals surface area contributed by atoms with Crippen LogP contribution in [0.2, 0.25) is 0 Å². The molecule has 136 valence electrons. The molecular formula is C20H37BrO2. The molecular weight excluding hydrogens is 352 g/mol. The van der Waals surface area contributed by atoms with Gasteiger partial charge in [0.1, 0.15) is 0 Å². The van der Waals surface area contributed by atoms with Crippen molar-refractivity contribution in [3.8, 4) is 0 Å². The Balaban J connectivity index is 1.70. The Morgan fingerprint density at radius 3 is 1.70 bits per heavy atom. The Labute approximate surface area is 152 Å². The van der Waals surface area contributed by atoms with Crippen molar-refractivity contribution in [1.29, 1.82) is 0 Å². The second-order valence-corrected chi connectivity index (χ2v) is 7.38. The Kier molecular flexibility index (Phi) is 15.6. The van der Waals surface area contributed by atoms with Crippen LogP contribution in [0.15, 0.2) is 12.2 Å². The van der Waals surface area contributed by atoms with Gasteiger partial charge in [0.05, 0.1) is 13.2 Å². The lowest BCUT2D eigenvalue weighted by molar-refractivity contribution is -0.0480. The molecule has 0 N–H and O–H groups in total. The van der Waals surface area contributed by atoms with Gasteiger partial charge < -0.3 is 9.47 Å². The highest BCUT2D eigenvalue weighted by molar-refractivity contribution is 9.09. The number of allylic oxidation sites excluding steroid dienone is 2. The maximum absolute atomic E-state index is 5.44. The molecule has 1 saturated heterocycles. The molecule has 1 heterocycles. The highest BCUT2D eigenvalue weighted by atomic mass is 79.9. The third-order valence-electron chi connectivity index (χ3n) is 4.42. The number of ether oxygens (including phenoxy) is 2. The van der Waals surface area contributed by atoms with Gasteiger partial charge in [0, 0.05) is 5.33 Å². The van der Waals surface area contributed by atoms with Crippen LogP contribution in [0.5, 0.6) is 0 Å². The first-order valence-electron chi connectivity index (χ1n) is 9.87. The van der Waals surface area contributed by atoms with Crippen LogP contribution in [-0.2, 0) is 9.47 Å². The van der Waals surface area contributed by atoms with Crippen LogP contribution in [0, 0.1) is 0 Å². The van der Waals surface area contributed by atoms with Gasteiger partial charge in [-0.1, -0.05) is 73.0 Å². The molecule has 0 saturated carbocycles. The fraction of sp³-hybridized carbons (Fsp3) is 0.900. The predicted octanol–water partition coefficient (Wildman–Crippen LogP) is 6.77. The zero-order valence-corrected chi connectivity index (χ0v) is 16.5. The smallest absolute Gasteiger partial charge is 0.157 e. The summed E-state index contributed by atoms with van der Waals surface area (Å²) in [4.78, 5) is 0. The van der Waals surface area contributed by atoms with Crippen molar-refractivity contribution >= 4 is 15.9 Å². The van der Waals surface area contributed by atoms with E-state index in [9.17, 15) is 0 Å². The lowest BCUT2D eigenvalue weighted by Crippen LogP contribution is -2.06. The monoisotopic (exact) mass is 388 g/mol. The Hall–Kier alpha value is 0.140. The number of hydrogen-bond donors (Lipinski definition) is 0. The van der Waals surface area contributed by atoms with E-state index >= 15 is 0 Å². The van der Waals surface area contributed by atoms with Crippen molar-refractivity contribution in [3.63, 3.8) is 0 Å². The van der Waals surface area contributed by atoms with Crippen molar-refractivity contribution in [2.24, 2.45) is 0 Å². The number of hydrogen-bond acceptors (Lipinski definition) is 2. The minimum atomic E-state index is 0.0994. The van der Waals surface area contributed by atoms with Crippen LogP contribution in [0.4, 0.5) is 0 Å². The summed E-state index contributed by atoms with van der Waals surface area (Å²) in [6, 6.07) is 0. The highest BCUT2D eigenvalue weighted by Gasteiger charge is 2.14. The molecule has 1 aliphatic rings. The third kappa shape index (κ3) is 14.2. The van der Waals surface area contributed by atoms with Gasteiger partial charge >= 0.3 is 0 Å². The third-order valence-corrected chi connectivity index (χ3v) is 4.98. The molecule has 0 radical (unpaired) electrons. The first-order chi connectivity index (χ1) is 11.4. The van der Waals surface area contributed by atoms with E-state index in [4.69, 9.17) is 9.47 Å². The average Bonchev–Trinajstić information content (AvgIpc) is 3.08. The molecule has 0 unspecified atom stereocenters. The number of halogens is 1. The summed E-state index contributed by atoms with van der Waals surface area (Å²) in [5.74, 6) is 0. The van der Waals surface area contributed by atoms with Gasteiger partial charge in [0.25, 0.3) is 0 Å². The number of rotatable bonds is 16. The molecule has 3 heteroatoms. The van der Waals surface area contributed by atoms with E-state index in [-0.39, 0.29) is 6.29 Å². The maximum atomic E-state index is 5.44. The summed E-state index contributed by atoms with van der Waals surface area (Å²) in [6.07, 6.45) is 23.5. The summed E-state index contributed by atoms with van der Waals surface area (Å²) in [5.41, 5.74) is 0. The van der Waals surface area contributed by atoms with Crippen LogP contribution in [0.1, 0.15) is 89.9 Å². The minimum Gasteiger partial charge on any atom is -0.350 e. The zero-order chi connectivity index (χ0) is 16.4. The molecule has 0 aromatic heterocycles. The highest BCUT2D eigenvalue weighted by Crippen LogP contribution is 2.14. The molecule has 1 aliphatic heterocycles. The van der Waals surface area contributed by atoms with Crippen molar-refractivity contribution in [2.45, 2.75) is 96.2 Å². The van der Waals surface area contributed by atoms with Crippen LogP contribution >= 0.6 is 15.9 Å². The Morgan fingerprint density at radius 1 is 0.652 bits per heavy atom. The first-order valence-corrected chi connectivity index (χ1v) is 11.0. The van der Waals surface area contributed by atoms with E-state index in [0.717, 1.165) is 19.6 Å². The molecule has 0 aromatic carbocycles. The topological polar surface area (TPSA) is 18.5 Å². The SMILES string of the molecule is BrCCCCCCCCC=CCCCCCCCC1OCCO1. The summed E-state index contributed by atoms with van der Waals surface area (Å²) in [6.45, 7) is 1.57. The van der Waals surface area contributed by atoms with Gasteiger partial charge in [-0.3, -0.25) is 0 Å². The van der Waals surface area contributed by atoms with Crippen LogP contribution in [0.25, 0.3) is 0 Å². The van der Waals surface area contributed by atoms with E-state index in [2.05, 4.69) is 28.1 Å². The van der Waals surface area contributed by atoms with Crippen LogP contribution in [-0.4, -0.2) is 24.8 Å². The van der Waals surface area contributed by atoms with Crippen molar-refractivity contribution in [2.75, 3.05) is 18.5 Å². The predicted molar refractivity (Wildman–Crippen MR) is 103 cm³/mol. The second-order valence-electron chi connectivity index (χ2n) is 6.59. The molecule has 0 aromatic rings. The fourth-order valence-electron chi connectivity index (χ4n) is 2.98. The van der Waals surface area contributed by atoms with E-state index in [1.165, 1.54) is 88.8 Å². The first kappa shape index (κ1) is 21.2. The molecule has 23 heavy (non-hydrogen) atoms. The van der Waals surface area contributed by atoms with Crippen molar-refractivity contribution in [3.05, 3.63) is 12.2 Å². The van der Waals surface area contributed by atoms with E-state index in [0.29, 0.717) is 0 Å². The minimum absolute atomic E-state index is 0.0994. The Morgan fingerprint density at radius 2 is 1.13 bits per heavy atom. The second kappa shape index (κ2) is 17.0. The molecule has 0 aliphatic carbocycles. The van der Waals surface area contributed by atoms with E-state index in [1.807, 2.05) is 0 Å². The van der Waals surface area contributed by atoms with Gasteiger partial charge in [0.2, 0.25) is 0 Å². The van der Waals surface area contributed by atoms with Gasteiger partial charge in [-0.15, -0.1) is 0 Å². The summed E-state index contributed by atoms with van der Waals surface area (Å²) in [7, 11) is 0. The maximum Gasteiger partial charge on any atom is 0.157 e. The normalized spacial score (nSPS) is 15.9. The van der Waals surface area contributed by atoms with Gasteiger partial charge in [-0.25, -0.2) is 0 Å². The molecule has 1 fully saturated rings. The van der Waals surface area contributed by atoms with Crippen LogP contribution in [0.3, 0.4) is 0 Å². The van der Waals surface area contributed by atoms with E-state index < -0.39 is 0 Å². The summed E-state index contributed by atoms with van der Waals surface area (Å²) >= 11 is 3.49. The number of unbranched alkanes of at least 4 members (excludes halogenated alkanes) is 11. The standard InChI is InChI=1S/C20H37BrO2/c21-17-15-13-11-9-7-5-3-1-2-4-6-8-10-12-14-16-20-22-18-19-23-20/h1-2,20H,3-19H2. The Bertz CT molecular complexity index is 262. The summed E-state index contributed by atoms with van der Waals surface area (Å²) < 4.78 is 10.9. The quantitative estimate of drug-likeness (QED) is 0.165. The molecule has 0 amide bonds. The summed E-state index contributed by atoms with van der Waals surface area (Å²) in [5, 5.41) is 1.17. The fourth-order valence-corrected chi connectivity index (χ4v) is 3.37. The molecule has 2 nitrogen and oxygen atoms in total. The zero-order valence-electron chi connectivity index (χ0n) is 14.9. The van der Waals surface area contributed by atoms with Gasteiger partial charge in [-0.2, -0.15) is 0 Å². The van der Waals surface area contributed by atoms with E-state index in [1.54, 1.807) is 0 Å². The van der Waals surface area contributed by atoms with Crippen LogP contribution < -0.4 is 0 Å². The van der Waals surface area contributed by atoms with Crippen molar-refractivity contribution < 1.29 is 9.47 Å². The van der Waals surface area contributed by atoms with Gasteiger partial charge in [-0.05, 0) is 44.9 Å². The van der Waals surface area contributed by atoms with Gasteiger partial charge in [0.15, 0.2) is 6.29 Å². The molecule has 0 spiro atoms. The lowest BCUT2D eigenvalue weighted by Gasteiger charge is -2.07. The van der Waals surface area contributed by atoms with Crippen molar-refractivity contribution in [1.82, 2.24) is 0 Å². The molecule has 0 bridgehead atoms. The molecule has 0 atom stereocenters. The average molecular weight is 389 g/mol. The number of alkyl halides is 1.